The van der Waals surface area contributed by atoms with E-state index < -0.39 is 0 Å². The van der Waals surface area contributed by atoms with E-state index in [0.717, 1.165) is 31.5 Å². The molecule has 2 aromatic rings. The Labute approximate surface area is 113 Å². The van der Waals surface area contributed by atoms with Crippen LogP contribution in [0.3, 0.4) is 0 Å². The fourth-order valence-corrected chi connectivity index (χ4v) is 2.20. The first kappa shape index (κ1) is 13.8. The predicted molar refractivity (Wildman–Crippen MR) is 76.6 cm³/mol. The van der Waals surface area contributed by atoms with Gasteiger partial charge in [-0.2, -0.15) is 5.10 Å². The first-order chi connectivity index (χ1) is 9.11. The van der Waals surface area contributed by atoms with Crippen molar-refractivity contribution in [3.05, 3.63) is 34.5 Å². The van der Waals surface area contributed by atoms with Crippen LogP contribution in [0.4, 0.5) is 0 Å². The van der Waals surface area contributed by atoms with E-state index in [9.17, 15) is 4.79 Å². The van der Waals surface area contributed by atoms with Gasteiger partial charge in [-0.25, -0.2) is 4.52 Å². The fourth-order valence-electron chi connectivity index (χ4n) is 2.20. The van der Waals surface area contributed by atoms with E-state index in [-0.39, 0.29) is 5.56 Å². The SMILES string of the molecule is CNC(C)CCCCn1ccn2nc(C)cc2c1=O. The molecule has 2 aromatic heterocycles. The highest BCUT2D eigenvalue weighted by Gasteiger charge is 2.05. The lowest BCUT2D eigenvalue weighted by atomic mass is 10.1. The first-order valence-electron chi connectivity index (χ1n) is 6.84. The summed E-state index contributed by atoms with van der Waals surface area (Å²) in [7, 11) is 1.98. The molecule has 1 unspecified atom stereocenters. The summed E-state index contributed by atoms with van der Waals surface area (Å²) in [6, 6.07) is 2.37. The molecule has 104 valence electrons. The van der Waals surface area contributed by atoms with Crippen LogP contribution in [0, 0.1) is 6.92 Å². The topological polar surface area (TPSA) is 51.3 Å². The summed E-state index contributed by atoms with van der Waals surface area (Å²) in [6.07, 6.45) is 6.95. The molecule has 2 rings (SSSR count). The second kappa shape index (κ2) is 6.02. The molecule has 0 aliphatic heterocycles. The zero-order valence-electron chi connectivity index (χ0n) is 11.9. The Bertz CT molecular complexity index is 599. The summed E-state index contributed by atoms with van der Waals surface area (Å²) in [6.45, 7) is 4.85. The summed E-state index contributed by atoms with van der Waals surface area (Å²) >= 11 is 0. The quantitative estimate of drug-likeness (QED) is 0.804. The molecule has 0 saturated heterocycles. The number of nitrogens with one attached hydrogen (secondary N) is 1. The van der Waals surface area contributed by atoms with E-state index in [1.54, 1.807) is 9.08 Å². The van der Waals surface area contributed by atoms with Gasteiger partial charge in [0, 0.05) is 25.0 Å². The maximum Gasteiger partial charge on any atom is 0.276 e. The van der Waals surface area contributed by atoms with Gasteiger partial charge in [0.15, 0.2) is 0 Å². The number of fused-ring (bicyclic) bond motifs is 1. The Morgan fingerprint density at radius 2 is 2.16 bits per heavy atom. The van der Waals surface area contributed by atoms with Gasteiger partial charge in [-0.3, -0.25) is 4.79 Å². The summed E-state index contributed by atoms with van der Waals surface area (Å²) in [5, 5.41) is 7.46. The molecule has 0 aliphatic carbocycles. The van der Waals surface area contributed by atoms with Gasteiger partial charge in [-0.05, 0) is 39.8 Å². The minimum atomic E-state index is 0.0461. The Morgan fingerprint density at radius 3 is 2.89 bits per heavy atom. The Morgan fingerprint density at radius 1 is 1.37 bits per heavy atom. The number of nitrogens with zero attached hydrogens (tertiary/aromatic N) is 3. The van der Waals surface area contributed by atoms with E-state index in [2.05, 4.69) is 17.3 Å². The molecule has 2 heterocycles. The van der Waals surface area contributed by atoms with Gasteiger partial charge < -0.3 is 9.88 Å². The van der Waals surface area contributed by atoms with Crippen LogP contribution in [-0.2, 0) is 6.54 Å². The number of hydrogen-bond acceptors (Lipinski definition) is 3. The highest BCUT2D eigenvalue weighted by atomic mass is 16.1. The highest BCUT2D eigenvalue weighted by Crippen LogP contribution is 2.03. The van der Waals surface area contributed by atoms with Gasteiger partial charge in [0.25, 0.3) is 5.56 Å². The van der Waals surface area contributed by atoms with Crippen LogP contribution in [0.25, 0.3) is 5.52 Å². The monoisotopic (exact) mass is 262 g/mol. The minimum absolute atomic E-state index is 0.0461. The Hall–Kier alpha value is -1.62. The summed E-state index contributed by atoms with van der Waals surface area (Å²) in [4.78, 5) is 12.2. The van der Waals surface area contributed by atoms with E-state index in [1.165, 1.54) is 0 Å². The molecule has 5 heteroatoms. The van der Waals surface area contributed by atoms with Gasteiger partial charge >= 0.3 is 0 Å². The van der Waals surface area contributed by atoms with Crippen molar-refractivity contribution in [3.63, 3.8) is 0 Å². The Balaban J connectivity index is 2.01. The molecule has 0 spiro atoms. The average Bonchev–Trinajstić information content (AvgIpc) is 2.78. The molecule has 0 aliphatic rings. The van der Waals surface area contributed by atoms with Crippen LogP contribution >= 0.6 is 0 Å². The number of rotatable bonds is 6. The molecule has 0 aromatic carbocycles. The van der Waals surface area contributed by atoms with Crippen molar-refractivity contribution in [1.29, 1.82) is 0 Å². The van der Waals surface area contributed by atoms with Crippen LogP contribution in [0.15, 0.2) is 23.3 Å². The van der Waals surface area contributed by atoms with Crippen molar-refractivity contribution < 1.29 is 0 Å². The molecule has 19 heavy (non-hydrogen) atoms. The minimum Gasteiger partial charge on any atom is -0.317 e. The van der Waals surface area contributed by atoms with E-state index in [4.69, 9.17) is 0 Å². The van der Waals surface area contributed by atoms with Gasteiger partial charge in [0.1, 0.15) is 5.52 Å². The second-order valence-corrected chi connectivity index (χ2v) is 5.10. The van der Waals surface area contributed by atoms with E-state index in [1.807, 2.05) is 32.4 Å². The third kappa shape index (κ3) is 3.23. The lowest BCUT2D eigenvalue weighted by molar-refractivity contribution is 0.501. The maximum absolute atomic E-state index is 12.2. The van der Waals surface area contributed by atoms with E-state index >= 15 is 0 Å². The van der Waals surface area contributed by atoms with Crippen molar-refractivity contribution in [2.45, 2.75) is 45.7 Å². The third-order valence-corrected chi connectivity index (χ3v) is 3.50. The normalized spacial score (nSPS) is 13.0. The van der Waals surface area contributed by atoms with E-state index in [0.29, 0.717) is 11.6 Å². The van der Waals surface area contributed by atoms with Crippen molar-refractivity contribution in [3.8, 4) is 0 Å². The molecule has 1 atom stereocenters. The van der Waals surface area contributed by atoms with Crippen LogP contribution in [0.2, 0.25) is 0 Å². The highest BCUT2D eigenvalue weighted by molar-refractivity contribution is 5.44. The molecule has 0 saturated carbocycles. The molecular weight excluding hydrogens is 240 g/mol. The number of hydrogen-bond donors (Lipinski definition) is 1. The fraction of sp³-hybridized carbons (Fsp3) is 0.571. The smallest absolute Gasteiger partial charge is 0.276 e. The lowest BCUT2D eigenvalue weighted by Crippen LogP contribution is -2.23. The van der Waals surface area contributed by atoms with Crippen LogP contribution in [0.5, 0.6) is 0 Å². The Kier molecular flexibility index (Phi) is 4.37. The molecule has 5 nitrogen and oxygen atoms in total. The summed E-state index contributed by atoms with van der Waals surface area (Å²) in [5.74, 6) is 0. The van der Waals surface area contributed by atoms with Crippen molar-refractivity contribution in [1.82, 2.24) is 19.5 Å². The standard InChI is InChI=1S/C14H22N4O/c1-11(15-3)6-4-5-7-17-8-9-18-13(14(17)19)10-12(2)16-18/h8-11,15H,4-7H2,1-3H3. The number of aryl methyl sites for hydroxylation is 2. The zero-order chi connectivity index (χ0) is 13.8. The number of aromatic nitrogens is 3. The van der Waals surface area contributed by atoms with Gasteiger partial charge in [-0.15, -0.1) is 0 Å². The first-order valence-corrected chi connectivity index (χ1v) is 6.84. The van der Waals surface area contributed by atoms with Crippen molar-refractivity contribution >= 4 is 5.52 Å². The number of unbranched alkanes of at least 4 members (excludes halogenated alkanes) is 1. The lowest BCUT2D eigenvalue weighted by Gasteiger charge is -2.10. The van der Waals surface area contributed by atoms with Gasteiger partial charge in [-0.1, -0.05) is 6.42 Å². The van der Waals surface area contributed by atoms with Crippen molar-refractivity contribution in [2.24, 2.45) is 0 Å². The molecule has 0 radical (unpaired) electrons. The molecule has 0 amide bonds. The molecule has 0 fully saturated rings. The maximum atomic E-state index is 12.2. The van der Waals surface area contributed by atoms with Gasteiger partial charge in [0.05, 0.1) is 5.69 Å². The van der Waals surface area contributed by atoms with Crippen molar-refractivity contribution in [2.75, 3.05) is 7.05 Å². The molecular formula is C14H22N4O. The zero-order valence-corrected chi connectivity index (χ0v) is 11.9. The summed E-state index contributed by atoms with van der Waals surface area (Å²) < 4.78 is 3.43. The van der Waals surface area contributed by atoms with Gasteiger partial charge in [0.2, 0.25) is 0 Å². The van der Waals surface area contributed by atoms with Crippen LogP contribution in [-0.4, -0.2) is 27.3 Å². The predicted octanol–water partition coefficient (Wildman–Crippen LogP) is 1.58. The second-order valence-electron chi connectivity index (χ2n) is 5.10. The largest absolute Gasteiger partial charge is 0.317 e. The average molecular weight is 262 g/mol. The molecule has 0 bridgehead atoms. The summed E-state index contributed by atoms with van der Waals surface area (Å²) in [5.41, 5.74) is 1.58. The third-order valence-electron chi connectivity index (χ3n) is 3.50. The van der Waals surface area contributed by atoms with Crippen LogP contribution < -0.4 is 10.9 Å². The molecule has 1 N–H and O–H groups in total. The van der Waals surface area contributed by atoms with Crippen LogP contribution in [0.1, 0.15) is 31.9 Å².